The number of nitrogens with two attached hydrogens (primary N) is 1. The van der Waals surface area contributed by atoms with E-state index in [4.69, 9.17) is 5.73 Å². The molecule has 0 saturated carbocycles. The van der Waals surface area contributed by atoms with Crippen molar-refractivity contribution in [1.29, 1.82) is 0 Å². The second kappa shape index (κ2) is 8.62. The van der Waals surface area contributed by atoms with E-state index in [0.29, 0.717) is 19.0 Å². The first-order chi connectivity index (χ1) is 11.2. The fraction of sp³-hybridized carbons (Fsp3) is 0.235. The van der Waals surface area contributed by atoms with Crippen LogP contribution in [0.25, 0.3) is 11.0 Å². The summed E-state index contributed by atoms with van der Waals surface area (Å²) in [6, 6.07) is 11.9. The van der Waals surface area contributed by atoms with E-state index in [0.717, 1.165) is 34.5 Å². The number of guanidine groups is 1. The second-order valence-electron chi connectivity index (χ2n) is 5.35. The molecule has 7 heteroatoms. The number of halogens is 1. The van der Waals surface area contributed by atoms with E-state index in [9.17, 15) is 0 Å². The third-order valence-electron chi connectivity index (χ3n) is 3.58. The van der Waals surface area contributed by atoms with Gasteiger partial charge in [-0.05, 0) is 30.7 Å². The molecule has 0 amide bonds. The average Bonchev–Trinajstić information content (AvgIpc) is 2.99. The molecule has 0 aliphatic heterocycles. The van der Waals surface area contributed by atoms with Crippen LogP contribution in [-0.4, -0.2) is 27.5 Å². The lowest BCUT2D eigenvalue weighted by Gasteiger charge is -2.04. The maximum absolute atomic E-state index is 5.89. The largest absolute Gasteiger partial charge is 0.370 e. The van der Waals surface area contributed by atoms with Crippen molar-refractivity contribution in [3.8, 4) is 0 Å². The van der Waals surface area contributed by atoms with E-state index in [1.54, 1.807) is 6.20 Å². The molecule has 3 aromatic rings. The molecule has 24 heavy (non-hydrogen) atoms. The van der Waals surface area contributed by atoms with Crippen molar-refractivity contribution in [3.63, 3.8) is 0 Å². The number of hydrogen-bond acceptors (Lipinski definition) is 3. The number of aromatic amines is 1. The Morgan fingerprint density at radius 3 is 2.88 bits per heavy atom. The molecule has 2 heterocycles. The summed E-state index contributed by atoms with van der Waals surface area (Å²) in [4.78, 5) is 16.4. The molecule has 1 aromatic carbocycles. The van der Waals surface area contributed by atoms with Crippen LogP contribution >= 0.6 is 24.0 Å². The van der Waals surface area contributed by atoms with Crippen molar-refractivity contribution < 1.29 is 0 Å². The topological polar surface area (TPSA) is 92.0 Å². The number of H-pyrrole nitrogens is 1. The molecule has 0 aliphatic carbocycles. The number of benzene rings is 1. The number of aryl methyl sites for hydroxylation is 1. The highest BCUT2D eigenvalue weighted by atomic mass is 127. The zero-order valence-corrected chi connectivity index (χ0v) is 15.8. The van der Waals surface area contributed by atoms with Gasteiger partial charge in [0.2, 0.25) is 0 Å². The number of aromatic nitrogens is 3. The van der Waals surface area contributed by atoms with E-state index in [-0.39, 0.29) is 24.0 Å². The molecular formula is C17H21IN6. The fourth-order valence-corrected chi connectivity index (χ4v) is 2.38. The van der Waals surface area contributed by atoms with E-state index < -0.39 is 0 Å². The van der Waals surface area contributed by atoms with Gasteiger partial charge < -0.3 is 16.0 Å². The summed E-state index contributed by atoms with van der Waals surface area (Å²) in [5.41, 5.74) is 10.1. The van der Waals surface area contributed by atoms with Gasteiger partial charge in [0.25, 0.3) is 0 Å². The molecule has 4 N–H and O–H groups in total. The Kier molecular flexibility index (Phi) is 6.53. The zero-order valence-electron chi connectivity index (χ0n) is 13.5. The first kappa shape index (κ1) is 18.2. The predicted octanol–water partition coefficient (Wildman–Crippen LogP) is 2.53. The van der Waals surface area contributed by atoms with Crippen LogP contribution in [0, 0.1) is 6.92 Å². The number of hydrogen-bond donors (Lipinski definition) is 3. The average molecular weight is 436 g/mol. The minimum Gasteiger partial charge on any atom is -0.370 e. The number of rotatable bonds is 5. The highest BCUT2D eigenvalue weighted by Crippen LogP contribution is 2.15. The maximum atomic E-state index is 5.89. The quantitative estimate of drug-likeness (QED) is 0.326. The third kappa shape index (κ3) is 4.67. The maximum Gasteiger partial charge on any atom is 0.189 e. The minimum atomic E-state index is 0. The Bertz CT molecular complexity index is 812. The number of imidazole rings is 1. The molecule has 0 unspecified atom stereocenters. The van der Waals surface area contributed by atoms with Crippen molar-refractivity contribution in [2.24, 2.45) is 10.7 Å². The van der Waals surface area contributed by atoms with Crippen LogP contribution in [0.2, 0.25) is 0 Å². The summed E-state index contributed by atoms with van der Waals surface area (Å²) in [5.74, 6) is 1.22. The van der Waals surface area contributed by atoms with Crippen LogP contribution in [0.15, 0.2) is 47.6 Å². The lowest BCUT2D eigenvalue weighted by atomic mass is 10.2. The first-order valence-corrected chi connectivity index (χ1v) is 7.60. The molecular weight excluding hydrogens is 415 g/mol. The van der Waals surface area contributed by atoms with Crippen molar-refractivity contribution in [2.75, 3.05) is 6.54 Å². The molecule has 126 valence electrons. The zero-order chi connectivity index (χ0) is 16.1. The Morgan fingerprint density at radius 2 is 2.12 bits per heavy atom. The van der Waals surface area contributed by atoms with Gasteiger partial charge in [0.15, 0.2) is 5.96 Å². The summed E-state index contributed by atoms with van der Waals surface area (Å²) in [6.45, 7) is 3.17. The van der Waals surface area contributed by atoms with Crippen molar-refractivity contribution in [2.45, 2.75) is 19.9 Å². The molecule has 0 saturated heterocycles. The van der Waals surface area contributed by atoms with Crippen molar-refractivity contribution in [3.05, 3.63) is 59.7 Å². The molecule has 0 aliphatic rings. The summed E-state index contributed by atoms with van der Waals surface area (Å²) in [5, 5.41) is 3.09. The molecule has 3 rings (SSSR count). The first-order valence-electron chi connectivity index (χ1n) is 7.60. The van der Waals surface area contributed by atoms with Gasteiger partial charge in [0.1, 0.15) is 12.4 Å². The van der Waals surface area contributed by atoms with Gasteiger partial charge in [-0.15, -0.1) is 24.0 Å². The smallest absolute Gasteiger partial charge is 0.189 e. The summed E-state index contributed by atoms with van der Waals surface area (Å²) < 4.78 is 0. The Morgan fingerprint density at radius 1 is 1.25 bits per heavy atom. The SMILES string of the molecule is Cc1cccc2[nH]c(CN=C(N)NCCc3ccccn3)nc12.I. The minimum absolute atomic E-state index is 0. The van der Waals surface area contributed by atoms with Gasteiger partial charge in [-0.3, -0.25) is 4.98 Å². The van der Waals surface area contributed by atoms with Crippen LogP contribution in [-0.2, 0) is 13.0 Å². The number of pyridine rings is 1. The van der Waals surface area contributed by atoms with Gasteiger partial charge in [0.05, 0.1) is 11.0 Å². The fourth-order valence-electron chi connectivity index (χ4n) is 2.38. The summed E-state index contributed by atoms with van der Waals surface area (Å²) >= 11 is 0. The van der Waals surface area contributed by atoms with Gasteiger partial charge >= 0.3 is 0 Å². The predicted molar refractivity (Wildman–Crippen MR) is 108 cm³/mol. The molecule has 0 radical (unpaired) electrons. The van der Waals surface area contributed by atoms with Gasteiger partial charge in [-0.1, -0.05) is 18.2 Å². The Labute approximate surface area is 158 Å². The number of aliphatic imine (C=N–C) groups is 1. The van der Waals surface area contributed by atoms with Crippen LogP contribution in [0.1, 0.15) is 17.1 Å². The van der Waals surface area contributed by atoms with Crippen LogP contribution in [0.4, 0.5) is 0 Å². The standard InChI is InChI=1S/C17H20N6.HI/c1-12-5-4-7-14-16(12)23-15(22-14)11-21-17(18)20-10-8-13-6-2-3-9-19-13;/h2-7,9H,8,10-11H2,1H3,(H,22,23)(H3,18,20,21);1H. The second-order valence-corrected chi connectivity index (χ2v) is 5.35. The molecule has 6 nitrogen and oxygen atoms in total. The van der Waals surface area contributed by atoms with Crippen LogP contribution in [0.3, 0.4) is 0 Å². The van der Waals surface area contributed by atoms with Crippen molar-refractivity contribution >= 4 is 41.0 Å². The molecule has 0 fully saturated rings. The summed E-state index contributed by atoms with van der Waals surface area (Å²) in [7, 11) is 0. The Hall–Kier alpha value is -2.16. The normalized spacial score (nSPS) is 11.3. The van der Waals surface area contributed by atoms with E-state index in [2.05, 4.69) is 25.3 Å². The molecule has 2 aromatic heterocycles. The van der Waals surface area contributed by atoms with Crippen molar-refractivity contribution in [1.82, 2.24) is 20.3 Å². The van der Waals surface area contributed by atoms with Gasteiger partial charge in [-0.25, -0.2) is 9.98 Å². The number of para-hydroxylation sites is 1. The molecule has 0 atom stereocenters. The third-order valence-corrected chi connectivity index (χ3v) is 3.58. The van der Waals surface area contributed by atoms with Crippen LogP contribution in [0.5, 0.6) is 0 Å². The van der Waals surface area contributed by atoms with Crippen LogP contribution < -0.4 is 11.1 Å². The molecule has 0 bridgehead atoms. The number of nitrogens with zero attached hydrogens (tertiary/aromatic N) is 3. The van der Waals surface area contributed by atoms with E-state index >= 15 is 0 Å². The highest BCUT2D eigenvalue weighted by molar-refractivity contribution is 14.0. The summed E-state index contributed by atoms with van der Waals surface area (Å²) in [6.07, 6.45) is 2.59. The number of fused-ring (bicyclic) bond motifs is 1. The van der Waals surface area contributed by atoms with Gasteiger partial charge in [0, 0.05) is 24.9 Å². The monoisotopic (exact) mass is 436 g/mol. The Balaban J connectivity index is 0.00000208. The lowest BCUT2D eigenvalue weighted by molar-refractivity contribution is 0.823. The highest BCUT2D eigenvalue weighted by Gasteiger charge is 2.04. The lowest BCUT2D eigenvalue weighted by Crippen LogP contribution is -2.33. The van der Waals surface area contributed by atoms with E-state index in [1.807, 2.05) is 43.3 Å². The van der Waals surface area contributed by atoms with E-state index in [1.165, 1.54) is 0 Å². The molecule has 0 spiro atoms. The van der Waals surface area contributed by atoms with Gasteiger partial charge in [-0.2, -0.15) is 0 Å². The number of nitrogens with one attached hydrogen (secondary N) is 2.